The van der Waals surface area contributed by atoms with Crippen LogP contribution < -0.4 is 15.8 Å². The van der Waals surface area contributed by atoms with Crippen LogP contribution in [0.1, 0.15) is 11.1 Å². The molecule has 3 aromatic rings. The molecule has 0 aliphatic rings. The molecule has 3 rings (SSSR count). The van der Waals surface area contributed by atoms with Crippen molar-refractivity contribution in [3.63, 3.8) is 0 Å². The van der Waals surface area contributed by atoms with Crippen molar-refractivity contribution in [2.45, 2.75) is 13.8 Å². The third-order valence-electron chi connectivity index (χ3n) is 3.69. The molecule has 0 bridgehead atoms. The highest BCUT2D eigenvalue weighted by Gasteiger charge is 2.07. The van der Waals surface area contributed by atoms with Crippen molar-refractivity contribution in [1.82, 2.24) is 4.98 Å². The summed E-state index contributed by atoms with van der Waals surface area (Å²) in [5.41, 5.74) is 10.2. The van der Waals surface area contributed by atoms with Gasteiger partial charge in [-0.15, -0.1) is 11.3 Å². The first-order chi connectivity index (χ1) is 12.0. The molecule has 0 unspecified atom stereocenters. The number of hydrogen-bond acceptors (Lipinski definition) is 5. The second-order valence-electron chi connectivity index (χ2n) is 5.75. The number of aryl methyl sites for hydroxylation is 2. The zero-order valence-corrected chi connectivity index (χ0v) is 14.9. The number of carbonyl (C=O) groups is 1. The lowest BCUT2D eigenvalue weighted by Crippen LogP contribution is -2.20. The molecule has 6 heteroatoms. The third kappa shape index (κ3) is 4.36. The second-order valence-corrected chi connectivity index (χ2v) is 6.64. The number of nitrogens with zero attached hydrogens (tertiary/aromatic N) is 1. The van der Waals surface area contributed by atoms with Gasteiger partial charge in [0.25, 0.3) is 5.91 Å². The first-order valence-electron chi connectivity index (χ1n) is 7.82. The van der Waals surface area contributed by atoms with Gasteiger partial charge in [-0.05, 0) is 43.2 Å². The van der Waals surface area contributed by atoms with Gasteiger partial charge in [0.15, 0.2) is 11.7 Å². The van der Waals surface area contributed by atoms with E-state index < -0.39 is 0 Å². The van der Waals surface area contributed by atoms with Crippen LogP contribution in [0.2, 0.25) is 0 Å². The van der Waals surface area contributed by atoms with E-state index in [1.54, 1.807) is 0 Å². The normalized spacial score (nSPS) is 10.5. The van der Waals surface area contributed by atoms with Gasteiger partial charge in [-0.3, -0.25) is 4.79 Å². The quantitative estimate of drug-likeness (QED) is 0.726. The smallest absolute Gasteiger partial charge is 0.262 e. The highest BCUT2D eigenvalue weighted by molar-refractivity contribution is 7.13. The van der Waals surface area contributed by atoms with Crippen LogP contribution in [0.25, 0.3) is 11.3 Å². The molecule has 3 N–H and O–H groups in total. The number of benzene rings is 2. The van der Waals surface area contributed by atoms with E-state index in [0.29, 0.717) is 10.8 Å². The van der Waals surface area contributed by atoms with Gasteiger partial charge < -0.3 is 15.8 Å². The van der Waals surface area contributed by atoms with Crippen molar-refractivity contribution in [2.75, 3.05) is 17.7 Å². The second kappa shape index (κ2) is 7.36. The van der Waals surface area contributed by atoms with E-state index in [-0.39, 0.29) is 12.5 Å². The van der Waals surface area contributed by atoms with E-state index in [9.17, 15) is 4.79 Å². The number of nitrogens with one attached hydrogen (secondary N) is 1. The number of ether oxygens (including phenoxy) is 1. The molecule has 0 fully saturated rings. The lowest BCUT2D eigenvalue weighted by molar-refractivity contribution is -0.118. The summed E-state index contributed by atoms with van der Waals surface area (Å²) in [4.78, 5) is 16.3. The Balaban J connectivity index is 1.58. The van der Waals surface area contributed by atoms with Crippen LogP contribution in [0.3, 0.4) is 0 Å². The van der Waals surface area contributed by atoms with Gasteiger partial charge in [0, 0.05) is 16.6 Å². The molecule has 25 heavy (non-hydrogen) atoms. The van der Waals surface area contributed by atoms with Gasteiger partial charge in [0.05, 0.1) is 5.69 Å². The molecule has 1 amide bonds. The summed E-state index contributed by atoms with van der Waals surface area (Å²) in [5, 5.41) is 5.27. The summed E-state index contributed by atoms with van der Waals surface area (Å²) < 4.78 is 5.61. The summed E-state index contributed by atoms with van der Waals surface area (Å²) in [6.07, 6.45) is 0. The zero-order valence-electron chi connectivity index (χ0n) is 14.1. The highest BCUT2D eigenvalue weighted by atomic mass is 32.1. The van der Waals surface area contributed by atoms with Crippen molar-refractivity contribution in [2.24, 2.45) is 0 Å². The van der Waals surface area contributed by atoms with E-state index in [0.717, 1.165) is 28.1 Å². The van der Waals surface area contributed by atoms with E-state index in [1.807, 2.05) is 61.7 Å². The number of anilines is 2. The topological polar surface area (TPSA) is 77.2 Å². The van der Waals surface area contributed by atoms with Crippen molar-refractivity contribution >= 4 is 28.1 Å². The number of hydrogen-bond donors (Lipinski definition) is 2. The molecule has 0 radical (unpaired) electrons. The minimum Gasteiger partial charge on any atom is -0.483 e. The van der Waals surface area contributed by atoms with E-state index in [4.69, 9.17) is 10.5 Å². The predicted molar refractivity (Wildman–Crippen MR) is 102 cm³/mol. The minimum atomic E-state index is -0.202. The number of nitrogens with two attached hydrogens (primary N) is 1. The molecule has 0 spiro atoms. The molecule has 2 aromatic carbocycles. The fraction of sp³-hybridized carbons (Fsp3) is 0.158. The average Bonchev–Trinajstić information content (AvgIpc) is 3.03. The molecule has 0 saturated carbocycles. The first-order valence-corrected chi connectivity index (χ1v) is 8.70. The van der Waals surface area contributed by atoms with Crippen LogP contribution >= 0.6 is 11.3 Å². The average molecular weight is 353 g/mol. The minimum absolute atomic E-state index is 0.0331. The van der Waals surface area contributed by atoms with Crippen LogP contribution in [0, 0.1) is 13.8 Å². The fourth-order valence-electron chi connectivity index (χ4n) is 2.35. The maximum Gasteiger partial charge on any atom is 0.262 e. The number of thiazole rings is 1. The van der Waals surface area contributed by atoms with E-state index in [2.05, 4.69) is 10.3 Å². The van der Waals surface area contributed by atoms with Crippen LogP contribution in [-0.4, -0.2) is 17.5 Å². The van der Waals surface area contributed by atoms with Gasteiger partial charge >= 0.3 is 0 Å². The van der Waals surface area contributed by atoms with Crippen molar-refractivity contribution in [3.8, 4) is 17.0 Å². The molecule has 5 nitrogen and oxygen atoms in total. The molecule has 128 valence electrons. The van der Waals surface area contributed by atoms with Gasteiger partial charge in [-0.25, -0.2) is 4.98 Å². The first kappa shape index (κ1) is 17.0. The Bertz CT molecular complexity index is 888. The monoisotopic (exact) mass is 353 g/mol. The lowest BCUT2D eigenvalue weighted by Gasteiger charge is -2.10. The number of amides is 1. The third-order valence-corrected chi connectivity index (χ3v) is 4.36. The summed E-state index contributed by atoms with van der Waals surface area (Å²) in [6, 6.07) is 13.4. The maximum absolute atomic E-state index is 12.1. The molecule has 0 aliphatic heterocycles. The molecule has 0 saturated heterocycles. The van der Waals surface area contributed by atoms with Gasteiger partial charge in [0.2, 0.25) is 0 Å². The summed E-state index contributed by atoms with van der Waals surface area (Å²) in [5.74, 6) is 0.526. The van der Waals surface area contributed by atoms with Crippen molar-refractivity contribution in [1.29, 1.82) is 0 Å². The number of rotatable bonds is 5. The standard InChI is InChI=1S/C19H19N3O2S/c1-12-3-4-13(2)17(9-12)24-10-18(23)21-15-7-5-14(6-8-15)16-11-25-19(20)22-16/h3-9,11H,10H2,1-2H3,(H2,20,22)(H,21,23). The number of nitrogen functional groups attached to an aromatic ring is 1. The maximum atomic E-state index is 12.1. The van der Waals surface area contributed by atoms with Crippen molar-refractivity contribution in [3.05, 3.63) is 59.0 Å². The van der Waals surface area contributed by atoms with Gasteiger partial charge in [-0.1, -0.05) is 24.3 Å². The van der Waals surface area contributed by atoms with Gasteiger partial charge in [-0.2, -0.15) is 0 Å². The fourth-order valence-corrected chi connectivity index (χ4v) is 2.92. The molecule has 1 heterocycles. The Labute approximate surface area is 150 Å². The SMILES string of the molecule is Cc1ccc(C)c(OCC(=O)Nc2ccc(-c3csc(N)n3)cc2)c1. The van der Waals surface area contributed by atoms with E-state index >= 15 is 0 Å². The largest absolute Gasteiger partial charge is 0.483 e. The number of carbonyl (C=O) groups excluding carboxylic acids is 1. The van der Waals surface area contributed by atoms with Crippen LogP contribution in [0.4, 0.5) is 10.8 Å². The Morgan fingerprint density at radius 2 is 1.96 bits per heavy atom. The lowest BCUT2D eigenvalue weighted by atomic mass is 10.1. The Kier molecular flexibility index (Phi) is 5.00. The Hall–Kier alpha value is -2.86. The number of aromatic nitrogens is 1. The van der Waals surface area contributed by atoms with Crippen molar-refractivity contribution < 1.29 is 9.53 Å². The molecule has 1 aromatic heterocycles. The van der Waals surface area contributed by atoms with Crippen LogP contribution in [0.5, 0.6) is 5.75 Å². The zero-order chi connectivity index (χ0) is 17.8. The highest BCUT2D eigenvalue weighted by Crippen LogP contribution is 2.24. The van der Waals surface area contributed by atoms with E-state index in [1.165, 1.54) is 11.3 Å². The Morgan fingerprint density at radius 3 is 2.64 bits per heavy atom. The van der Waals surface area contributed by atoms with Gasteiger partial charge in [0.1, 0.15) is 5.75 Å². The molecular weight excluding hydrogens is 334 g/mol. The molecule has 0 aliphatic carbocycles. The predicted octanol–water partition coefficient (Wildman–Crippen LogP) is 4.03. The van der Waals surface area contributed by atoms with Crippen LogP contribution in [-0.2, 0) is 4.79 Å². The summed E-state index contributed by atoms with van der Waals surface area (Å²) in [6.45, 7) is 3.91. The summed E-state index contributed by atoms with van der Waals surface area (Å²) in [7, 11) is 0. The molecular formula is C19H19N3O2S. The molecule has 0 atom stereocenters. The summed E-state index contributed by atoms with van der Waals surface area (Å²) >= 11 is 1.40. The Morgan fingerprint density at radius 1 is 1.20 bits per heavy atom. The van der Waals surface area contributed by atoms with Crippen LogP contribution in [0.15, 0.2) is 47.8 Å².